The monoisotopic (exact) mass is 316 g/mol. The molecule has 0 saturated carbocycles. The van der Waals surface area contributed by atoms with Crippen LogP contribution in [0.5, 0.6) is 0 Å². The van der Waals surface area contributed by atoms with Gasteiger partial charge in [0.25, 0.3) is 0 Å². The van der Waals surface area contributed by atoms with Gasteiger partial charge in [0.05, 0.1) is 6.04 Å². The van der Waals surface area contributed by atoms with Crippen molar-refractivity contribution in [3.63, 3.8) is 0 Å². The van der Waals surface area contributed by atoms with E-state index < -0.39 is 17.7 Å². The second-order valence-electron chi connectivity index (χ2n) is 4.26. The van der Waals surface area contributed by atoms with Crippen molar-refractivity contribution in [1.82, 2.24) is 0 Å². The fraction of sp³-hybridized carbons (Fsp3) is 0.143. The van der Waals surface area contributed by atoms with E-state index in [9.17, 15) is 8.78 Å². The summed E-state index contributed by atoms with van der Waals surface area (Å²) in [5.74, 6) is -0.915. The van der Waals surface area contributed by atoms with Gasteiger partial charge in [-0.15, -0.1) is 0 Å². The highest BCUT2D eigenvalue weighted by molar-refractivity contribution is 6.31. The second-order valence-corrected chi connectivity index (χ2v) is 5.13. The average Bonchev–Trinajstić information content (AvgIpc) is 2.38. The van der Waals surface area contributed by atoms with Crippen LogP contribution in [0.15, 0.2) is 36.4 Å². The minimum atomic E-state index is -0.536. The highest BCUT2D eigenvalue weighted by atomic mass is 35.5. The molecule has 0 amide bonds. The van der Waals surface area contributed by atoms with Gasteiger partial charge in [-0.2, -0.15) is 0 Å². The first-order chi connectivity index (χ1) is 9.49. The number of hydrogen-bond acceptors (Lipinski definition) is 2. The first-order valence-electron chi connectivity index (χ1n) is 5.87. The average molecular weight is 317 g/mol. The lowest BCUT2D eigenvalue weighted by atomic mass is 10.1. The van der Waals surface area contributed by atoms with Crippen LogP contribution in [0.4, 0.5) is 14.5 Å². The van der Waals surface area contributed by atoms with E-state index in [0.29, 0.717) is 16.3 Å². The van der Waals surface area contributed by atoms with Crippen molar-refractivity contribution in [2.75, 3.05) is 11.9 Å². The number of rotatable bonds is 4. The molecule has 0 saturated heterocycles. The molecule has 0 aliphatic heterocycles. The number of benzene rings is 2. The molecular weight excluding hydrogens is 305 g/mol. The van der Waals surface area contributed by atoms with E-state index in [2.05, 4.69) is 5.32 Å². The van der Waals surface area contributed by atoms with E-state index in [0.717, 1.165) is 0 Å². The first-order valence-corrected chi connectivity index (χ1v) is 6.63. The van der Waals surface area contributed by atoms with E-state index in [1.165, 1.54) is 36.4 Å². The normalized spacial score (nSPS) is 12.2. The van der Waals surface area contributed by atoms with Gasteiger partial charge in [-0.1, -0.05) is 23.2 Å². The third-order valence-electron chi connectivity index (χ3n) is 2.77. The quantitative estimate of drug-likeness (QED) is 0.878. The molecule has 2 nitrogen and oxygen atoms in total. The number of anilines is 1. The second kappa shape index (κ2) is 6.39. The molecule has 0 aromatic heterocycles. The number of nitrogens with two attached hydrogens (primary N) is 1. The van der Waals surface area contributed by atoms with Gasteiger partial charge in [0.2, 0.25) is 0 Å². The molecule has 1 unspecified atom stereocenters. The van der Waals surface area contributed by atoms with Crippen LogP contribution in [0.2, 0.25) is 10.0 Å². The van der Waals surface area contributed by atoms with Gasteiger partial charge in [0.15, 0.2) is 0 Å². The molecule has 0 bridgehead atoms. The molecule has 106 valence electrons. The Morgan fingerprint density at radius 1 is 1.05 bits per heavy atom. The van der Waals surface area contributed by atoms with E-state index in [1.54, 1.807) is 0 Å². The molecule has 3 N–H and O–H groups in total. The maximum absolute atomic E-state index is 13.8. The SMILES string of the molecule is NCC(Nc1cc(F)cc(Cl)c1)c1cc(Cl)ccc1F. The number of nitrogens with one attached hydrogen (secondary N) is 1. The lowest BCUT2D eigenvalue weighted by molar-refractivity contribution is 0.593. The lowest BCUT2D eigenvalue weighted by Crippen LogP contribution is -2.21. The van der Waals surface area contributed by atoms with Crippen molar-refractivity contribution in [3.05, 3.63) is 63.6 Å². The van der Waals surface area contributed by atoms with Gasteiger partial charge >= 0.3 is 0 Å². The van der Waals surface area contributed by atoms with Crippen molar-refractivity contribution >= 4 is 28.9 Å². The molecule has 6 heteroatoms. The zero-order chi connectivity index (χ0) is 14.7. The molecule has 0 radical (unpaired) electrons. The Kier molecular flexibility index (Phi) is 4.81. The van der Waals surface area contributed by atoms with Crippen molar-refractivity contribution in [2.45, 2.75) is 6.04 Å². The van der Waals surface area contributed by atoms with Crippen molar-refractivity contribution in [2.24, 2.45) is 5.73 Å². The Hall–Kier alpha value is -1.36. The van der Waals surface area contributed by atoms with E-state index in [1.807, 2.05) is 0 Å². The topological polar surface area (TPSA) is 38.0 Å². The van der Waals surface area contributed by atoms with Gasteiger partial charge in [0.1, 0.15) is 11.6 Å². The summed E-state index contributed by atoms with van der Waals surface area (Å²) >= 11 is 11.6. The molecule has 0 spiro atoms. The van der Waals surface area contributed by atoms with Gasteiger partial charge < -0.3 is 11.1 Å². The Morgan fingerprint density at radius 3 is 2.45 bits per heavy atom. The summed E-state index contributed by atoms with van der Waals surface area (Å²) in [5.41, 5.74) is 6.39. The molecule has 2 aromatic rings. The smallest absolute Gasteiger partial charge is 0.128 e. The van der Waals surface area contributed by atoms with E-state index in [4.69, 9.17) is 28.9 Å². The van der Waals surface area contributed by atoms with E-state index >= 15 is 0 Å². The number of hydrogen-bond donors (Lipinski definition) is 2. The molecular formula is C14H12Cl2F2N2. The van der Waals surface area contributed by atoms with Crippen molar-refractivity contribution in [1.29, 1.82) is 0 Å². The van der Waals surface area contributed by atoms with Crippen LogP contribution in [-0.2, 0) is 0 Å². The minimum Gasteiger partial charge on any atom is -0.377 e. The van der Waals surface area contributed by atoms with Crippen LogP contribution >= 0.6 is 23.2 Å². The van der Waals surface area contributed by atoms with Crippen LogP contribution in [0.1, 0.15) is 11.6 Å². The van der Waals surface area contributed by atoms with E-state index in [-0.39, 0.29) is 11.6 Å². The van der Waals surface area contributed by atoms with Gasteiger partial charge in [0, 0.05) is 27.8 Å². The predicted octanol–water partition coefficient (Wildman–Crippen LogP) is 4.38. The highest BCUT2D eigenvalue weighted by Crippen LogP contribution is 2.26. The standard InChI is InChI=1S/C14H12Cl2F2N2/c15-8-1-2-13(18)12(5-8)14(7-19)20-11-4-9(16)3-10(17)6-11/h1-6,14,20H,7,19H2. The first kappa shape index (κ1) is 15.0. The van der Waals surface area contributed by atoms with Crippen molar-refractivity contribution < 1.29 is 8.78 Å². The zero-order valence-electron chi connectivity index (χ0n) is 10.3. The zero-order valence-corrected chi connectivity index (χ0v) is 11.8. The maximum atomic E-state index is 13.8. The fourth-order valence-electron chi connectivity index (χ4n) is 1.88. The predicted molar refractivity (Wildman–Crippen MR) is 78.2 cm³/mol. The summed E-state index contributed by atoms with van der Waals surface area (Å²) in [6.45, 7) is 0.116. The maximum Gasteiger partial charge on any atom is 0.128 e. The Balaban J connectivity index is 2.31. The van der Waals surface area contributed by atoms with Crippen LogP contribution < -0.4 is 11.1 Å². The van der Waals surface area contributed by atoms with Crippen LogP contribution in [0, 0.1) is 11.6 Å². The van der Waals surface area contributed by atoms with Gasteiger partial charge in [-0.25, -0.2) is 8.78 Å². The van der Waals surface area contributed by atoms with Crippen molar-refractivity contribution in [3.8, 4) is 0 Å². The van der Waals surface area contributed by atoms with Crippen LogP contribution in [0.25, 0.3) is 0 Å². The molecule has 0 aliphatic carbocycles. The Bertz CT molecular complexity index is 600. The van der Waals surface area contributed by atoms with Gasteiger partial charge in [-0.05, 0) is 36.4 Å². The van der Waals surface area contributed by atoms with Gasteiger partial charge in [-0.3, -0.25) is 0 Å². The molecule has 0 aliphatic rings. The highest BCUT2D eigenvalue weighted by Gasteiger charge is 2.15. The Labute approximate surface area is 125 Å². The Morgan fingerprint density at radius 2 is 1.80 bits per heavy atom. The third kappa shape index (κ3) is 3.60. The summed E-state index contributed by atoms with van der Waals surface area (Å²) in [4.78, 5) is 0. The fourth-order valence-corrected chi connectivity index (χ4v) is 2.29. The summed E-state index contributed by atoms with van der Waals surface area (Å²) in [6, 6.07) is 7.65. The third-order valence-corrected chi connectivity index (χ3v) is 3.23. The summed E-state index contributed by atoms with van der Waals surface area (Å²) < 4.78 is 27.1. The minimum absolute atomic E-state index is 0.116. The van der Waals surface area contributed by atoms with Crippen LogP contribution in [-0.4, -0.2) is 6.54 Å². The molecule has 0 fully saturated rings. The molecule has 2 aromatic carbocycles. The number of halogens is 4. The summed E-state index contributed by atoms with van der Waals surface area (Å²) in [5, 5.41) is 3.59. The summed E-state index contributed by atoms with van der Waals surface area (Å²) in [7, 11) is 0. The largest absolute Gasteiger partial charge is 0.377 e. The van der Waals surface area contributed by atoms with Crippen LogP contribution in [0.3, 0.4) is 0 Å². The molecule has 1 atom stereocenters. The molecule has 20 heavy (non-hydrogen) atoms. The lowest BCUT2D eigenvalue weighted by Gasteiger charge is -2.19. The molecule has 2 rings (SSSR count). The summed E-state index contributed by atoms with van der Waals surface area (Å²) in [6.07, 6.45) is 0. The molecule has 0 heterocycles.